The van der Waals surface area contributed by atoms with E-state index in [9.17, 15) is 9.59 Å². The summed E-state index contributed by atoms with van der Waals surface area (Å²) in [4.78, 5) is 26.9. The molecular weight excluding hydrogens is 332 g/mol. The molecule has 2 heterocycles. The molecule has 0 radical (unpaired) electrons. The van der Waals surface area contributed by atoms with Gasteiger partial charge in [0.1, 0.15) is 17.9 Å². The van der Waals surface area contributed by atoms with Crippen LogP contribution >= 0.6 is 0 Å². The summed E-state index contributed by atoms with van der Waals surface area (Å²) in [6, 6.07) is 5.04. The van der Waals surface area contributed by atoms with Crippen LogP contribution in [0, 0.1) is 5.41 Å². The third kappa shape index (κ3) is 3.70. The number of esters is 1. The van der Waals surface area contributed by atoms with Crippen LogP contribution in [-0.2, 0) is 16.1 Å². The molecule has 26 heavy (non-hydrogen) atoms. The van der Waals surface area contributed by atoms with E-state index in [-0.39, 0.29) is 18.0 Å². The van der Waals surface area contributed by atoms with Crippen molar-refractivity contribution in [3.63, 3.8) is 0 Å². The Morgan fingerprint density at radius 3 is 2.58 bits per heavy atom. The predicted octanol–water partition coefficient (Wildman–Crippen LogP) is 2.36. The number of hydrogen-bond acceptors (Lipinski definition) is 5. The van der Waals surface area contributed by atoms with Crippen LogP contribution in [0.1, 0.15) is 49.5 Å². The fraction of sp³-hybridized carbons (Fsp3) is 0.600. The van der Waals surface area contributed by atoms with Crippen LogP contribution in [0.25, 0.3) is 0 Å². The fourth-order valence-electron chi connectivity index (χ4n) is 3.75. The summed E-state index contributed by atoms with van der Waals surface area (Å²) in [6.45, 7) is 8.14. The van der Waals surface area contributed by atoms with Crippen molar-refractivity contribution in [2.45, 2.75) is 52.3 Å². The summed E-state index contributed by atoms with van der Waals surface area (Å²) in [5, 5.41) is 3.31. The summed E-state index contributed by atoms with van der Waals surface area (Å²) in [5.74, 6) is 0.196. The SMILES string of the molecule is COC(=O)[C@@H](N1Cc2ccc(OC3CCNCC3)cc2C1=O)C(C)(C)C. The quantitative estimate of drug-likeness (QED) is 0.835. The number of ether oxygens (including phenoxy) is 2. The van der Waals surface area contributed by atoms with Gasteiger partial charge in [-0.05, 0) is 49.0 Å². The van der Waals surface area contributed by atoms with Gasteiger partial charge >= 0.3 is 5.97 Å². The number of methoxy groups -OCH3 is 1. The highest BCUT2D eigenvalue weighted by atomic mass is 16.5. The highest BCUT2D eigenvalue weighted by Gasteiger charge is 2.43. The largest absolute Gasteiger partial charge is 0.490 e. The zero-order chi connectivity index (χ0) is 18.9. The van der Waals surface area contributed by atoms with Crippen molar-refractivity contribution in [3.05, 3.63) is 29.3 Å². The summed E-state index contributed by atoms with van der Waals surface area (Å²) >= 11 is 0. The van der Waals surface area contributed by atoms with Crippen LogP contribution in [0.3, 0.4) is 0 Å². The Morgan fingerprint density at radius 2 is 1.96 bits per heavy atom. The number of nitrogens with zero attached hydrogens (tertiary/aromatic N) is 1. The molecule has 6 heteroatoms. The molecule has 0 bridgehead atoms. The number of amides is 1. The summed E-state index contributed by atoms with van der Waals surface area (Å²) < 4.78 is 11.0. The minimum Gasteiger partial charge on any atom is -0.490 e. The number of hydrogen-bond donors (Lipinski definition) is 1. The molecule has 0 saturated carbocycles. The molecule has 1 fully saturated rings. The molecule has 0 unspecified atom stereocenters. The molecule has 0 spiro atoms. The minimum atomic E-state index is -0.624. The van der Waals surface area contributed by atoms with E-state index in [4.69, 9.17) is 9.47 Å². The molecule has 0 aromatic heterocycles. The number of benzene rings is 1. The molecule has 0 aliphatic carbocycles. The summed E-state index contributed by atoms with van der Waals surface area (Å²) in [6.07, 6.45) is 2.11. The lowest BCUT2D eigenvalue weighted by Crippen LogP contribution is -2.50. The molecular formula is C20H28N2O4. The monoisotopic (exact) mass is 360 g/mol. The van der Waals surface area contributed by atoms with Crippen LogP contribution in [0.4, 0.5) is 0 Å². The zero-order valence-electron chi connectivity index (χ0n) is 16.0. The molecule has 6 nitrogen and oxygen atoms in total. The molecule has 2 aliphatic rings. The number of carbonyl (C=O) groups excluding carboxylic acids is 2. The number of nitrogens with one attached hydrogen (secondary N) is 1. The fourth-order valence-corrected chi connectivity index (χ4v) is 3.75. The Morgan fingerprint density at radius 1 is 1.27 bits per heavy atom. The van der Waals surface area contributed by atoms with Gasteiger partial charge in [0.15, 0.2) is 0 Å². The first kappa shape index (κ1) is 18.7. The second-order valence-corrected chi connectivity index (χ2v) is 8.11. The van der Waals surface area contributed by atoms with Gasteiger partial charge in [-0.25, -0.2) is 4.79 Å². The van der Waals surface area contributed by atoms with Gasteiger partial charge in [-0.15, -0.1) is 0 Å². The van der Waals surface area contributed by atoms with Gasteiger partial charge in [0, 0.05) is 12.1 Å². The van der Waals surface area contributed by atoms with Gasteiger partial charge < -0.3 is 19.7 Å². The molecule has 1 aromatic rings. The minimum absolute atomic E-state index is 0.138. The zero-order valence-corrected chi connectivity index (χ0v) is 16.0. The van der Waals surface area contributed by atoms with E-state index in [1.165, 1.54) is 7.11 Å². The van der Waals surface area contributed by atoms with E-state index in [0.717, 1.165) is 37.2 Å². The van der Waals surface area contributed by atoms with Crippen molar-refractivity contribution in [2.24, 2.45) is 5.41 Å². The molecule has 1 aromatic carbocycles. The summed E-state index contributed by atoms with van der Waals surface area (Å²) in [7, 11) is 1.36. The van der Waals surface area contributed by atoms with Crippen LogP contribution in [0.2, 0.25) is 0 Å². The first-order valence-corrected chi connectivity index (χ1v) is 9.20. The number of piperidine rings is 1. The van der Waals surface area contributed by atoms with E-state index in [2.05, 4.69) is 5.32 Å². The Kier molecular flexibility index (Phi) is 5.23. The Hall–Kier alpha value is -2.08. The lowest BCUT2D eigenvalue weighted by molar-refractivity contribution is -0.150. The Labute approximate surface area is 154 Å². The average molecular weight is 360 g/mol. The third-order valence-corrected chi connectivity index (χ3v) is 5.06. The van der Waals surface area contributed by atoms with E-state index in [1.54, 1.807) is 4.90 Å². The highest BCUT2D eigenvalue weighted by molar-refractivity contribution is 6.01. The van der Waals surface area contributed by atoms with Crippen LogP contribution in [0.15, 0.2) is 18.2 Å². The van der Waals surface area contributed by atoms with Crippen molar-refractivity contribution in [1.29, 1.82) is 0 Å². The molecule has 3 rings (SSSR count). The Balaban J connectivity index is 1.81. The molecule has 1 saturated heterocycles. The van der Waals surface area contributed by atoms with Crippen molar-refractivity contribution in [2.75, 3.05) is 20.2 Å². The lowest BCUT2D eigenvalue weighted by atomic mass is 9.85. The second kappa shape index (κ2) is 7.27. The lowest BCUT2D eigenvalue weighted by Gasteiger charge is -2.35. The highest BCUT2D eigenvalue weighted by Crippen LogP contribution is 2.34. The molecule has 2 aliphatic heterocycles. The molecule has 142 valence electrons. The van der Waals surface area contributed by atoms with Gasteiger partial charge in [-0.2, -0.15) is 0 Å². The number of carbonyl (C=O) groups is 2. The predicted molar refractivity (Wildman–Crippen MR) is 98.1 cm³/mol. The van der Waals surface area contributed by atoms with E-state index in [0.29, 0.717) is 12.1 Å². The first-order valence-electron chi connectivity index (χ1n) is 9.20. The first-order chi connectivity index (χ1) is 12.3. The topological polar surface area (TPSA) is 67.9 Å². The van der Waals surface area contributed by atoms with Crippen LogP contribution < -0.4 is 10.1 Å². The van der Waals surface area contributed by atoms with Crippen LogP contribution in [0.5, 0.6) is 5.75 Å². The smallest absolute Gasteiger partial charge is 0.329 e. The van der Waals surface area contributed by atoms with Gasteiger partial charge in [0.2, 0.25) is 0 Å². The second-order valence-electron chi connectivity index (χ2n) is 8.11. The average Bonchev–Trinajstić information content (AvgIpc) is 2.91. The number of fused-ring (bicyclic) bond motifs is 1. The molecule has 1 atom stereocenters. The number of rotatable bonds is 4. The maximum absolute atomic E-state index is 13.0. The van der Waals surface area contributed by atoms with Gasteiger partial charge in [0.25, 0.3) is 5.91 Å². The summed E-state index contributed by atoms with van der Waals surface area (Å²) in [5.41, 5.74) is 1.12. The molecule has 1 N–H and O–H groups in total. The van der Waals surface area contributed by atoms with Crippen molar-refractivity contribution < 1.29 is 19.1 Å². The van der Waals surface area contributed by atoms with E-state index in [1.807, 2.05) is 39.0 Å². The third-order valence-electron chi connectivity index (χ3n) is 5.06. The normalized spacial score (nSPS) is 19.2. The van der Waals surface area contributed by atoms with Gasteiger partial charge in [-0.1, -0.05) is 26.8 Å². The van der Waals surface area contributed by atoms with Crippen molar-refractivity contribution in [1.82, 2.24) is 10.2 Å². The molecule has 1 amide bonds. The van der Waals surface area contributed by atoms with E-state index < -0.39 is 11.5 Å². The Bertz CT molecular complexity index is 690. The standard InChI is InChI=1S/C20H28N2O4/c1-20(2,3)17(19(24)25-4)22-12-13-5-6-15(11-16(13)18(22)23)26-14-7-9-21-10-8-14/h5-6,11,14,17,21H,7-10,12H2,1-4H3/t17-/m1/s1. The van der Waals surface area contributed by atoms with E-state index >= 15 is 0 Å². The maximum atomic E-state index is 13.0. The van der Waals surface area contributed by atoms with Crippen LogP contribution in [-0.4, -0.2) is 49.1 Å². The van der Waals surface area contributed by atoms with Crippen molar-refractivity contribution in [3.8, 4) is 5.75 Å². The van der Waals surface area contributed by atoms with Crippen molar-refractivity contribution >= 4 is 11.9 Å². The van der Waals surface area contributed by atoms with Gasteiger partial charge in [0.05, 0.1) is 7.11 Å². The maximum Gasteiger partial charge on any atom is 0.329 e. The van der Waals surface area contributed by atoms with Gasteiger partial charge in [-0.3, -0.25) is 4.79 Å².